The SMILES string of the molecule is CNC(Cc1cccc(C)c1)c1ccc(Cl)cc1Cl. The van der Waals surface area contributed by atoms with Crippen LogP contribution in [-0.2, 0) is 6.42 Å². The highest BCUT2D eigenvalue weighted by molar-refractivity contribution is 6.35. The van der Waals surface area contributed by atoms with Crippen LogP contribution in [0.15, 0.2) is 42.5 Å². The number of hydrogen-bond acceptors (Lipinski definition) is 1. The predicted molar refractivity (Wildman–Crippen MR) is 83.1 cm³/mol. The summed E-state index contributed by atoms with van der Waals surface area (Å²) in [5.41, 5.74) is 3.65. The van der Waals surface area contributed by atoms with E-state index < -0.39 is 0 Å². The van der Waals surface area contributed by atoms with E-state index in [9.17, 15) is 0 Å². The molecule has 0 fully saturated rings. The van der Waals surface area contributed by atoms with Crippen LogP contribution in [0.3, 0.4) is 0 Å². The van der Waals surface area contributed by atoms with E-state index in [2.05, 4.69) is 36.5 Å². The Labute approximate surface area is 124 Å². The van der Waals surface area contributed by atoms with Crippen molar-refractivity contribution in [1.29, 1.82) is 0 Å². The number of benzene rings is 2. The average molecular weight is 294 g/mol. The van der Waals surface area contributed by atoms with Crippen LogP contribution >= 0.6 is 23.2 Å². The summed E-state index contributed by atoms with van der Waals surface area (Å²) in [6, 6.07) is 14.4. The van der Waals surface area contributed by atoms with Gasteiger partial charge in [0.05, 0.1) is 0 Å². The zero-order chi connectivity index (χ0) is 13.8. The molecule has 0 saturated carbocycles. The van der Waals surface area contributed by atoms with Crippen molar-refractivity contribution in [1.82, 2.24) is 5.32 Å². The zero-order valence-electron chi connectivity index (χ0n) is 11.1. The maximum Gasteiger partial charge on any atom is 0.0468 e. The molecule has 0 spiro atoms. The lowest BCUT2D eigenvalue weighted by molar-refractivity contribution is 0.592. The van der Waals surface area contributed by atoms with Gasteiger partial charge in [-0.05, 0) is 43.7 Å². The Bertz CT molecular complexity index is 566. The lowest BCUT2D eigenvalue weighted by Gasteiger charge is -2.18. The summed E-state index contributed by atoms with van der Waals surface area (Å²) >= 11 is 12.2. The van der Waals surface area contributed by atoms with E-state index in [4.69, 9.17) is 23.2 Å². The highest BCUT2D eigenvalue weighted by Crippen LogP contribution is 2.28. The molecule has 0 aliphatic rings. The molecule has 100 valence electrons. The van der Waals surface area contributed by atoms with Crippen molar-refractivity contribution >= 4 is 23.2 Å². The number of rotatable bonds is 4. The van der Waals surface area contributed by atoms with E-state index in [-0.39, 0.29) is 6.04 Å². The fourth-order valence-corrected chi connectivity index (χ4v) is 2.77. The van der Waals surface area contributed by atoms with Gasteiger partial charge in [-0.15, -0.1) is 0 Å². The quantitative estimate of drug-likeness (QED) is 0.853. The van der Waals surface area contributed by atoms with Crippen LogP contribution in [0.4, 0.5) is 0 Å². The first-order chi connectivity index (χ1) is 9.10. The molecule has 1 N–H and O–H groups in total. The molecule has 0 saturated heterocycles. The van der Waals surface area contributed by atoms with Gasteiger partial charge in [0, 0.05) is 16.1 Å². The molecule has 3 heteroatoms. The molecule has 2 aromatic rings. The van der Waals surface area contributed by atoms with Crippen LogP contribution in [0.5, 0.6) is 0 Å². The summed E-state index contributed by atoms with van der Waals surface area (Å²) in [4.78, 5) is 0. The summed E-state index contributed by atoms with van der Waals surface area (Å²) in [5.74, 6) is 0. The van der Waals surface area contributed by atoms with Gasteiger partial charge in [0.25, 0.3) is 0 Å². The molecule has 0 bridgehead atoms. The lowest BCUT2D eigenvalue weighted by Crippen LogP contribution is -2.19. The van der Waals surface area contributed by atoms with Gasteiger partial charge in [-0.1, -0.05) is 59.1 Å². The summed E-state index contributed by atoms with van der Waals surface area (Å²) < 4.78 is 0. The van der Waals surface area contributed by atoms with Crippen molar-refractivity contribution in [3.8, 4) is 0 Å². The smallest absolute Gasteiger partial charge is 0.0468 e. The van der Waals surface area contributed by atoms with Crippen molar-refractivity contribution in [2.24, 2.45) is 0 Å². The summed E-state index contributed by atoms with van der Waals surface area (Å²) in [6.07, 6.45) is 0.902. The maximum atomic E-state index is 6.28. The van der Waals surface area contributed by atoms with Crippen LogP contribution in [0.1, 0.15) is 22.7 Å². The van der Waals surface area contributed by atoms with Gasteiger partial charge in [0.15, 0.2) is 0 Å². The molecule has 0 aliphatic carbocycles. The second-order valence-electron chi connectivity index (χ2n) is 4.70. The predicted octanol–water partition coefficient (Wildman–Crippen LogP) is 4.81. The largest absolute Gasteiger partial charge is 0.313 e. The summed E-state index contributed by atoms with van der Waals surface area (Å²) in [5, 5.41) is 4.69. The average Bonchev–Trinajstić information content (AvgIpc) is 2.37. The van der Waals surface area contributed by atoms with Crippen LogP contribution in [0.25, 0.3) is 0 Å². The Morgan fingerprint density at radius 3 is 2.53 bits per heavy atom. The van der Waals surface area contributed by atoms with Gasteiger partial charge in [0.1, 0.15) is 0 Å². The number of likely N-dealkylation sites (N-methyl/N-ethyl adjacent to an activating group) is 1. The molecular weight excluding hydrogens is 277 g/mol. The molecule has 1 unspecified atom stereocenters. The molecule has 2 rings (SSSR count). The van der Waals surface area contributed by atoms with E-state index in [1.165, 1.54) is 11.1 Å². The van der Waals surface area contributed by atoms with Crippen molar-refractivity contribution in [2.75, 3.05) is 7.05 Å². The first-order valence-corrected chi connectivity index (χ1v) is 7.03. The highest BCUT2D eigenvalue weighted by atomic mass is 35.5. The van der Waals surface area contributed by atoms with Gasteiger partial charge in [-0.2, -0.15) is 0 Å². The second-order valence-corrected chi connectivity index (χ2v) is 5.54. The molecule has 0 heterocycles. The van der Waals surface area contributed by atoms with E-state index in [1.54, 1.807) is 6.07 Å². The molecule has 19 heavy (non-hydrogen) atoms. The van der Waals surface area contributed by atoms with Gasteiger partial charge in [0.2, 0.25) is 0 Å². The fraction of sp³-hybridized carbons (Fsp3) is 0.250. The summed E-state index contributed by atoms with van der Waals surface area (Å²) in [7, 11) is 1.95. The highest BCUT2D eigenvalue weighted by Gasteiger charge is 2.13. The van der Waals surface area contributed by atoms with E-state index in [1.807, 2.05) is 19.2 Å². The minimum atomic E-state index is 0.187. The lowest BCUT2D eigenvalue weighted by atomic mass is 9.98. The Morgan fingerprint density at radius 1 is 1.11 bits per heavy atom. The summed E-state index contributed by atoms with van der Waals surface area (Å²) in [6.45, 7) is 2.10. The molecule has 2 aromatic carbocycles. The first kappa shape index (κ1) is 14.4. The molecule has 1 atom stereocenters. The van der Waals surface area contributed by atoms with Crippen molar-refractivity contribution in [3.63, 3.8) is 0 Å². The van der Waals surface area contributed by atoms with Crippen LogP contribution < -0.4 is 5.32 Å². The van der Waals surface area contributed by atoms with Gasteiger partial charge in [-0.25, -0.2) is 0 Å². The maximum absolute atomic E-state index is 6.28. The number of halogens is 2. The monoisotopic (exact) mass is 293 g/mol. The van der Waals surface area contributed by atoms with Gasteiger partial charge in [-0.3, -0.25) is 0 Å². The zero-order valence-corrected chi connectivity index (χ0v) is 12.6. The third-order valence-corrected chi connectivity index (χ3v) is 3.77. The molecule has 0 radical (unpaired) electrons. The van der Waals surface area contributed by atoms with E-state index in [0.29, 0.717) is 10.0 Å². The van der Waals surface area contributed by atoms with Crippen LogP contribution in [-0.4, -0.2) is 7.05 Å². The van der Waals surface area contributed by atoms with Crippen LogP contribution in [0.2, 0.25) is 10.0 Å². The van der Waals surface area contributed by atoms with Crippen molar-refractivity contribution < 1.29 is 0 Å². The number of hydrogen-bond donors (Lipinski definition) is 1. The van der Waals surface area contributed by atoms with Crippen LogP contribution in [0, 0.1) is 6.92 Å². The molecule has 0 amide bonds. The normalized spacial score (nSPS) is 12.4. The topological polar surface area (TPSA) is 12.0 Å². The minimum absolute atomic E-state index is 0.187. The third-order valence-electron chi connectivity index (χ3n) is 3.21. The molecule has 1 nitrogen and oxygen atoms in total. The molecule has 0 aliphatic heterocycles. The number of nitrogens with one attached hydrogen (secondary N) is 1. The molecule has 0 aromatic heterocycles. The Morgan fingerprint density at radius 2 is 1.89 bits per heavy atom. The first-order valence-electron chi connectivity index (χ1n) is 6.28. The standard InChI is InChI=1S/C16H17Cl2N/c1-11-4-3-5-12(8-11)9-16(19-2)14-7-6-13(17)10-15(14)18/h3-8,10,16,19H,9H2,1-2H3. The van der Waals surface area contributed by atoms with Gasteiger partial charge < -0.3 is 5.32 Å². The Hall–Kier alpha value is -1.02. The van der Waals surface area contributed by atoms with E-state index in [0.717, 1.165) is 12.0 Å². The third kappa shape index (κ3) is 3.73. The minimum Gasteiger partial charge on any atom is -0.313 e. The fourth-order valence-electron chi connectivity index (χ4n) is 2.23. The van der Waals surface area contributed by atoms with E-state index >= 15 is 0 Å². The Kier molecular flexibility index (Phi) is 4.87. The second kappa shape index (κ2) is 6.42. The van der Waals surface area contributed by atoms with Gasteiger partial charge >= 0.3 is 0 Å². The van der Waals surface area contributed by atoms with Crippen molar-refractivity contribution in [3.05, 3.63) is 69.2 Å². The molecular formula is C16H17Cl2N. The number of aryl methyl sites for hydroxylation is 1. The Balaban J connectivity index is 2.25. The van der Waals surface area contributed by atoms with Crippen molar-refractivity contribution in [2.45, 2.75) is 19.4 Å².